The Balaban J connectivity index is 1.68. The van der Waals surface area contributed by atoms with Crippen LogP contribution in [0.2, 0.25) is 0 Å². The van der Waals surface area contributed by atoms with Gasteiger partial charge >= 0.3 is 12.1 Å². The van der Waals surface area contributed by atoms with Gasteiger partial charge in [0.2, 0.25) is 0 Å². The molecule has 1 amide bonds. The second kappa shape index (κ2) is 9.65. The van der Waals surface area contributed by atoms with Gasteiger partial charge in [-0.05, 0) is 37.5 Å². The SMILES string of the molecule is C[C@@H](OC(=O)C[C@H]1CCS(=O)(=O)C1)C(=O)Nc1cc(C(F)(F)F)ccc1N1CCOCC1. The molecule has 0 saturated carbocycles. The van der Waals surface area contributed by atoms with Gasteiger partial charge in [-0.3, -0.25) is 9.59 Å². The molecule has 3 rings (SSSR count). The van der Waals surface area contributed by atoms with Gasteiger partial charge in [-0.1, -0.05) is 0 Å². The van der Waals surface area contributed by atoms with Crippen molar-refractivity contribution in [1.29, 1.82) is 0 Å². The number of halogens is 3. The molecule has 1 N–H and O–H groups in total. The van der Waals surface area contributed by atoms with Crippen LogP contribution in [0.4, 0.5) is 24.5 Å². The summed E-state index contributed by atoms with van der Waals surface area (Å²) >= 11 is 0. The van der Waals surface area contributed by atoms with Crippen LogP contribution >= 0.6 is 0 Å². The number of rotatable bonds is 6. The number of anilines is 2. The first-order chi connectivity index (χ1) is 14.9. The van der Waals surface area contributed by atoms with Gasteiger partial charge in [-0.25, -0.2) is 8.42 Å². The smallest absolute Gasteiger partial charge is 0.416 e. The Morgan fingerprint density at radius 3 is 2.56 bits per heavy atom. The first-order valence-corrected chi connectivity index (χ1v) is 12.0. The number of carbonyl (C=O) groups excluding carboxylic acids is 2. The summed E-state index contributed by atoms with van der Waals surface area (Å²) in [4.78, 5) is 26.5. The van der Waals surface area contributed by atoms with E-state index in [2.05, 4.69) is 5.32 Å². The lowest BCUT2D eigenvalue weighted by Crippen LogP contribution is -2.37. The van der Waals surface area contributed by atoms with E-state index in [1.54, 1.807) is 4.90 Å². The fourth-order valence-corrected chi connectivity index (χ4v) is 5.56. The van der Waals surface area contributed by atoms with Gasteiger partial charge in [0.1, 0.15) is 0 Å². The Hall–Kier alpha value is -2.34. The van der Waals surface area contributed by atoms with Crippen molar-refractivity contribution in [2.24, 2.45) is 5.92 Å². The van der Waals surface area contributed by atoms with Crippen LogP contribution in [0.25, 0.3) is 0 Å². The van der Waals surface area contributed by atoms with E-state index in [-0.39, 0.29) is 29.5 Å². The maximum absolute atomic E-state index is 13.2. The van der Waals surface area contributed by atoms with Crippen molar-refractivity contribution in [3.8, 4) is 0 Å². The third kappa shape index (κ3) is 6.35. The number of esters is 1. The number of carbonyl (C=O) groups is 2. The molecule has 0 bridgehead atoms. The molecule has 2 aliphatic heterocycles. The molecular formula is C20H25F3N2O6S. The van der Waals surface area contributed by atoms with E-state index in [0.29, 0.717) is 38.4 Å². The molecule has 2 aliphatic rings. The molecule has 1 aromatic rings. The Morgan fingerprint density at radius 1 is 1.28 bits per heavy atom. The third-order valence-corrected chi connectivity index (χ3v) is 7.23. The summed E-state index contributed by atoms with van der Waals surface area (Å²) in [6.45, 7) is 3.01. The van der Waals surface area contributed by atoms with E-state index < -0.39 is 39.6 Å². The van der Waals surface area contributed by atoms with E-state index in [1.807, 2.05) is 0 Å². The number of nitrogens with one attached hydrogen (secondary N) is 1. The lowest BCUT2D eigenvalue weighted by atomic mass is 10.1. The quantitative estimate of drug-likeness (QED) is 0.626. The number of hydrogen-bond donors (Lipinski definition) is 1. The van der Waals surface area contributed by atoms with Crippen LogP contribution in [-0.4, -0.2) is 64.2 Å². The molecule has 0 spiro atoms. The van der Waals surface area contributed by atoms with Crippen LogP contribution in [-0.2, 0) is 35.1 Å². The number of benzene rings is 1. The fraction of sp³-hybridized carbons (Fsp3) is 0.600. The van der Waals surface area contributed by atoms with Crippen molar-refractivity contribution in [3.63, 3.8) is 0 Å². The number of hydrogen-bond acceptors (Lipinski definition) is 7. The van der Waals surface area contributed by atoms with E-state index in [9.17, 15) is 31.2 Å². The van der Waals surface area contributed by atoms with Gasteiger partial charge in [0, 0.05) is 19.5 Å². The fourth-order valence-electron chi connectivity index (χ4n) is 3.69. The summed E-state index contributed by atoms with van der Waals surface area (Å²) in [7, 11) is -3.15. The van der Waals surface area contributed by atoms with Gasteiger partial charge in [-0.15, -0.1) is 0 Å². The highest BCUT2D eigenvalue weighted by molar-refractivity contribution is 7.91. The monoisotopic (exact) mass is 478 g/mol. The van der Waals surface area contributed by atoms with Gasteiger partial charge in [-0.2, -0.15) is 13.2 Å². The van der Waals surface area contributed by atoms with Crippen molar-refractivity contribution in [1.82, 2.24) is 0 Å². The maximum atomic E-state index is 13.2. The van der Waals surface area contributed by atoms with E-state index >= 15 is 0 Å². The van der Waals surface area contributed by atoms with Crippen LogP contribution in [0, 0.1) is 5.92 Å². The first kappa shape index (κ1) is 24.3. The first-order valence-electron chi connectivity index (χ1n) is 10.2. The lowest BCUT2D eigenvalue weighted by Gasteiger charge is -2.31. The molecule has 2 heterocycles. The molecule has 12 heteroatoms. The number of alkyl halides is 3. The molecule has 32 heavy (non-hydrogen) atoms. The van der Waals surface area contributed by atoms with Crippen molar-refractivity contribution in [2.75, 3.05) is 48.0 Å². The lowest BCUT2D eigenvalue weighted by molar-refractivity contribution is -0.153. The number of amides is 1. The molecule has 1 aromatic carbocycles. The third-order valence-electron chi connectivity index (χ3n) is 5.39. The zero-order chi connectivity index (χ0) is 23.5. The summed E-state index contributed by atoms with van der Waals surface area (Å²) in [5, 5.41) is 2.44. The predicted molar refractivity (Wildman–Crippen MR) is 110 cm³/mol. The zero-order valence-electron chi connectivity index (χ0n) is 17.5. The standard InChI is InChI=1S/C20H25F3N2O6S/c1-13(31-18(26)10-14-4-9-32(28,29)12-14)19(27)24-16-11-15(20(21,22)23)2-3-17(16)25-5-7-30-8-6-25/h2-3,11,13-14H,4-10,12H2,1H3,(H,24,27)/t13-,14-/m1/s1. The second-order valence-corrected chi connectivity index (χ2v) is 10.2. The molecule has 178 valence electrons. The Bertz CT molecular complexity index is 961. The topological polar surface area (TPSA) is 102 Å². The van der Waals surface area contributed by atoms with E-state index in [4.69, 9.17) is 9.47 Å². The minimum atomic E-state index is -4.59. The van der Waals surface area contributed by atoms with Crippen molar-refractivity contribution in [3.05, 3.63) is 23.8 Å². The summed E-state index contributed by atoms with van der Waals surface area (Å²) in [6.07, 6.45) is -5.65. The molecular weight excluding hydrogens is 453 g/mol. The summed E-state index contributed by atoms with van der Waals surface area (Å²) in [6, 6.07) is 3.08. The van der Waals surface area contributed by atoms with Gasteiger partial charge in [0.25, 0.3) is 5.91 Å². The Morgan fingerprint density at radius 2 is 1.97 bits per heavy atom. The number of nitrogens with zero attached hydrogens (tertiary/aromatic N) is 1. The summed E-state index contributed by atoms with van der Waals surface area (Å²) in [5.74, 6) is -1.96. The maximum Gasteiger partial charge on any atom is 0.416 e. The Labute approximate surface area is 184 Å². The molecule has 0 aromatic heterocycles. The average Bonchev–Trinajstić information content (AvgIpc) is 3.05. The number of morpholine rings is 1. The molecule has 2 atom stereocenters. The number of ether oxygens (including phenoxy) is 2. The van der Waals surface area contributed by atoms with Crippen LogP contribution in [0.1, 0.15) is 25.3 Å². The molecule has 8 nitrogen and oxygen atoms in total. The van der Waals surface area contributed by atoms with Crippen molar-refractivity contribution >= 4 is 33.1 Å². The minimum absolute atomic E-state index is 0.0147. The molecule has 2 fully saturated rings. The van der Waals surface area contributed by atoms with Crippen LogP contribution in [0.3, 0.4) is 0 Å². The van der Waals surface area contributed by atoms with Crippen molar-refractivity contribution < 1.29 is 40.7 Å². The van der Waals surface area contributed by atoms with Gasteiger partial charge in [0.05, 0.1) is 41.7 Å². The highest BCUT2D eigenvalue weighted by Gasteiger charge is 2.33. The molecule has 2 saturated heterocycles. The molecule has 0 aliphatic carbocycles. The van der Waals surface area contributed by atoms with E-state index in [1.165, 1.54) is 13.0 Å². The highest BCUT2D eigenvalue weighted by atomic mass is 32.2. The minimum Gasteiger partial charge on any atom is -0.453 e. The zero-order valence-corrected chi connectivity index (χ0v) is 18.3. The Kier molecular flexibility index (Phi) is 7.33. The van der Waals surface area contributed by atoms with Gasteiger partial charge < -0.3 is 19.7 Å². The predicted octanol–water partition coefficient (Wildman–Crippen LogP) is 2.24. The summed E-state index contributed by atoms with van der Waals surface area (Å²) in [5.41, 5.74) is -0.558. The van der Waals surface area contributed by atoms with Gasteiger partial charge in [0.15, 0.2) is 15.9 Å². The molecule has 0 unspecified atom stereocenters. The van der Waals surface area contributed by atoms with E-state index in [0.717, 1.165) is 12.1 Å². The average molecular weight is 478 g/mol. The van der Waals surface area contributed by atoms with Crippen LogP contribution in [0.15, 0.2) is 18.2 Å². The van der Waals surface area contributed by atoms with Crippen LogP contribution in [0.5, 0.6) is 0 Å². The second-order valence-electron chi connectivity index (χ2n) is 7.92. The van der Waals surface area contributed by atoms with Crippen molar-refractivity contribution in [2.45, 2.75) is 32.0 Å². The highest BCUT2D eigenvalue weighted by Crippen LogP contribution is 2.36. The largest absolute Gasteiger partial charge is 0.453 e. The normalized spacial score (nSPS) is 21.8. The molecule has 0 radical (unpaired) electrons. The number of sulfone groups is 1. The summed E-state index contributed by atoms with van der Waals surface area (Å²) < 4.78 is 73.0. The van der Waals surface area contributed by atoms with Crippen LogP contribution < -0.4 is 10.2 Å².